The maximum Gasteiger partial charge on any atom is 0.305 e. The zero-order valence-electron chi connectivity index (χ0n) is 10.6. The molecule has 0 fully saturated rings. The highest BCUT2D eigenvalue weighted by Gasteiger charge is 2.08. The second-order valence-corrected chi connectivity index (χ2v) is 4.44. The van der Waals surface area contributed by atoms with Gasteiger partial charge in [0.25, 0.3) is 0 Å². The first-order valence-corrected chi connectivity index (χ1v) is 6.27. The van der Waals surface area contributed by atoms with Gasteiger partial charge in [0, 0.05) is 6.42 Å². The Bertz CT molecular complexity index is 155. The summed E-state index contributed by atoms with van der Waals surface area (Å²) in [6.07, 6.45) is 9.66. The number of hydrogen-bond acceptors (Lipinski definition) is 2. The van der Waals surface area contributed by atoms with Gasteiger partial charge in [0.15, 0.2) is 0 Å². The van der Waals surface area contributed by atoms with Crippen LogP contribution in [-0.4, -0.2) is 13.1 Å². The summed E-state index contributed by atoms with van der Waals surface area (Å²) in [5.41, 5.74) is 0. The Kier molecular flexibility index (Phi) is 9.65. The molecule has 0 bridgehead atoms. The minimum absolute atomic E-state index is 0.0755. The van der Waals surface area contributed by atoms with Gasteiger partial charge in [0.05, 0.1) is 7.11 Å². The van der Waals surface area contributed by atoms with Gasteiger partial charge in [-0.15, -0.1) is 0 Å². The SMILES string of the molecule is CCCCCCCC[C@H](C)CC(=O)OC. The van der Waals surface area contributed by atoms with Crippen LogP contribution in [0.1, 0.15) is 65.2 Å². The van der Waals surface area contributed by atoms with E-state index < -0.39 is 0 Å². The Labute approximate surface area is 94.4 Å². The fraction of sp³-hybridized carbons (Fsp3) is 0.923. The van der Waals surface area contributed by atoms with Crippen LogP contribution < -0.4 is 0 Å². The fourth-order valence-electron chi connectivity index (χ4n) is 1.74. The van der Waals surface area contributed by atoms with E-state index in [4.69, 9.17) is 0 Å². The quantitative estimate of drug-likeness (QED) is 0.429. The van der Waals surface area contributed by atoms with Gasteiger partial charge in [0.2, 0.25) is 0 Å². The van der Waals surface area contributed by atoms with Crippen molar-refractivity contribution in [3.05, 3.63) is 0 Å². The van der Waals surface area contributed by atoms with Crippen molar-refractivity contribution in [3.8, 4) is 0 Å². The second kappa shape index (κ2) is 10.0. The van der Waals surface area contributed by atoms with Gasteiger partial charge in [-0.3, -0.25) is 4.79 Å². The lowest BCUT2D eigenvalue weighted by Crippen LogP contribution is -2.06. The maximum atomic E-state index is 11.0. The molecule has 0 radical (unpaired) electrons. The number of hydrogen-bond donors (Lipinski definition) is 0. The molecule has 0 aliphatic rings. The molecule has 0 aromatic rings. The summed E-state index contributed by atoms with van der Waals surface area (Å²) in [6, 6.07) is 0. The Morgan fingerprint density at radius 1 is 1.13 bits per heavy atom. The third-order valence-electron chi connectivity index (χ3n) is 2.79. The van der Waals surface area contributed by atoms with Crippen molar-refractivity contribution in [2.75, 3.05) is 7.11 Å². The van der Waals surface area contributed by atoms with E-state index in [-0.39, 0.29) is 5.97 Å². The predicted molar refractivity (Wildman–Crippen MR) is 63.8 cm³/mol. The molecule has 2 heteroatoms. The van der Waals surface area contributed by atoms with E-state index in [9.17, 15) is 4.79 Å². The molecule has 0 aliphatic carbocycles. The Hall–Kier alpha value is -0.530. The van der Waals surface area contributed by atoms with Gasteiger partial charge < -0.3 is 4.74 Å². The molecule has 0 aromatic carbocycles. The standard InChI is InChI=1S/C13H26O2/c1-4-5-6-7-8-9-10-12(2)11-13(14)15-3/h12H,4-11H2,1-3H3/t12-/m0/s1. The van der Waals surface area contributed by atoms with Gasteiger partial charge in [-0.1, -0.05) is 58.8 Å². The minimum atomic E-state index is -0.0755. The van der Waals surface area contributed by atoms with Crippen molar-refractivity contribution in [2.24, 2.45) is 5.92 Å². The van der Waals surface area contributed by atoms with E-state index in [2.05, 4.69) is 18.6 Å². The van der Waals surface area contributed by atoms with E-state index in [0.717, 1.165) is 6.42 Å². The first-order chi connectivity index (χ1) is 7.20. The molecule has 0 rings (SSSR count). The average molecular weight is 214 g/mol. The topological polar surface area (TPSA) is 26.3 Å². The summed E-state index contributed by atoms with van der Waals surface area (Å²) in [4.78, 5) is 11.0. The Morgan fingerprint density at radius 2 is 1.73 bits per heavy atom. The van der Waals surface area contributed by atoms with Gasteiger partial charge >= 0.3 is 5.97 Å². The number of unbranched alkanes of at least 4 members (excludes halogenated alkanes) is 5. The van der Waals surface area contributed by atoms with Gasteiger partial charge in [0.1, 0.15) is 0 Å². The molecule has 0 amide bonds. The smallest absolute Gasteiger partial charge is 0.305 e. The normalized spacial score (nSPS) is 12.5. The molecular formula is C13H26O2. The van der Waals surface area contributed by atoms with Crippen LogP contribution in [0, 0.1) is 5.92 Å². The molecule has 0 aliphatic heterocycles. The van der Waals surface area contributed by atoms with Crippen LogP contribution in [0.5, 0.6) is 0 Å². The van der Waals surface area contributed by atoms with E-state index >= 15 is 0 Å². The molecule has 0 saturated carbocycles. The molecule has 1 atom stereocenters. The summed E-state index contributed by atoms with van der Waals surface area (Å²) in [5.74, 6) is 0.400. The second-order valence-electron chi connectivity index (χ2n) is 4.44. The molecule has 0 saturated heterocycles. The molecule has 2 nitrogen and oxygen atoms in total. The van der Waals surface area contributed by atoms with E-state index in [1.807, 2.05) is 0 Å². The van der Waals surface area contributed by atoms with Crippen molar-refractivity contribution in [3.63, 3.8) is 0 Å². The van der Waals surface area contributed by atoms with Gasteiger partial charge in [-0.2, -0.15) is 0 Å². The molecule has 0 spiro atoms. The first-order valence-electron chi connectivity index (χ1n) is 6.27. The fourth-order valence-corrected chi connectivity index (χ4v) is 1.74. The minimum Gasteiger partial charge on any atom is -0.469 e. The highest BCUT2D eigenvalue weighted by atomic mass is 16.5. The van der Waals surface area contributed by atoms with Crippen LogP contribution in [0.4, 0.5) is 0 Å². The lowest BCUT2D eigenvalue weighted by molar-refractivity contribution is -0.141. The molecule has 0 N–H and O–H groups in total. The van der Waals surface area contributed by atoms with Crippen LogP contribution in [0.3, 0.4) is 0 Å². The largest absolute Gasteiger partial charge is 0.469 e. The van der Waals surface area contributed by atoms with E-state index in [1.165, 1.54) is 45.6 Å². The molecular weight excluding hydrogens is 188 g/mol. The van der Waals surface area contributed by atoms with Crippen molar-refractivity contribution < 1.29 is 9.53 Å². The molecule has 0 aromatic heterocycles. The zero-order chi connectivity index (χ0) is 11.5. The summed E-state index contributed by atoms with van der Waals surface area (Å²) < 4.78 is 4.64. The Morgan fingerprint density at radius 3 is 2.33 bits per heavy atom. The maximum absolute atomic E-state index is 11.0. The monoisotopic (exact) mass is 214 g/mol. The third-order valence-corrected chi connectivity index (χ3v) is 2.79. The van der Waals surface area contributed by atoms with Gasteiger partial charge in [-0.25, -0.2) is 0 Å². The summed E-state index contributed by atoms with van der Waals surface area (Å²) in [7, 11) is 1.46. The number of ether oxygens (including phenoxy) is 1. The average Bonchev–Trinajstić information content (AvgIpc) is 2.23. The van der Waals surface area contributed by atoms with Crippen molar-refractivity contribution in [1.82, 2.24) is 0 Å². The van der Waals surface area contributed by atoms with Crippen LogP contribution in [0.2, 0.25) is 0 Å². The summed E-state index contributed by atoms with van der Waals surface area (Å²) >= 11 is 0. The summed E-state index contributed by atoms with van der Waals surface area (Å²) in [6.45, 7) is 4.36. The molecule has 15 heavy (non-hydrogen) atoms. The third kappa shape index (κ3) is 9.77. The van der Waals surface area contributed by atoms with Crippen molar-refractivity contribution in [2.45, 2.75) is 65.2 Å². The number of rotatable bonds is 9. The zero-order valence-corrected chi connectivity index (χ0v) is 10.6. The molecule has 0 unspecified atom stereocenters. The van der Waals surface area contributed by atoms with Crippen LogP contribution in [0.25, 0.3) is 0 Å². The van der Waals surface area contributed by atoms with E-state index in [0.29, 0.717) is 12.3 Å². The van der Waals surface area contributed by atoms with Crippen LogP contribution >= 0.6 is 0 Å². The van der Waals surface area contributed by atoms with Crippen molar-refractivity contribution in [1.29, 1.82) is 0 Å². The Balaban J connectivity index is 3.23. The van der Waals surface area contributed by atoms with Gasteiger partial charge in [-0.05, 0) is 5.92 Å². The molecule has 0 heterocycles. The first kappa shape index (κ1) is 14.5. The number of carbonyl (C=O) groups is 1. The van der Waals surface area contributed by atoms with Crippen molar-refractivity contribution >= 4 is 5.97 Å². The summed E-state index contributed by atoms with van der Waals surface area (Å²) in [5, 5.41) is 0. The highest BCUT2D eigenvalue weighted by molar-refractivity contribution is 5.69. The number of carbonyl (C=O) groups excluding carboxylic acids is 1. The lowest BCUT2D eigenvalue weighted by Gasteiger charge is -2.09. The molecule has 90 valence electrons. The predicted octanol–water partition coefficient (Wildman–Crippen LogP) is 3.94. The van der Waals surface area contributed by atoms with E-state index in [1.54, 1.807) is 0 Å². The number of esters is 1. The van der Waals surface area contributed by atoms with Crippen LogP contribution in [-0.2, 0) is 9.53 Å². The lowest BCUT2D eigenvalue weighted by atomic mass is 9.99. The highest BCUT2D eigenvalue weighted by Crippen LogP contribution is 2.14. The number of methoxy groups -OCH3 is 1. The van der Waals surface area contributed by atoms with Crippen LogP contribution in [0.15, 0.2) is 0 Å².